The molecule has 18 heavy (non-hydrogen) atoms. The maximum atomic E-state index is 11.8. The first-order valence-electron chi connectivity index (χ1n) is 5.91. The van der Waals surface area contributed by atoms with Crippen LogP contribution in [0.3, 0.4) is 0 Å². The first kappa shape index (κ1) is 12.7. The van der Waals surface area contributed by atoms with Gasteiger partial charge < -0.3 is 10.1 Å². The Hall–Kier alpha value is -1.72. The van der Waals surface area contributed by atoms with Gasteiger partial charge in [-0.2, -0.15) is 0 Å². The summed E-state index contributed by atoms with van der Waals surface area (Å²) in [6.45, 7) is 3.27. The van der Waals surface area contributed by atoms with Crippen molar-refractivity contribution in [1.29, 1.82) is 0 Å². The Morgan fingerprint density at radius 3 is 3.11 bits per heavy atom. The summed E-state index contributed by atoms with van der Waals surface area (Å²) in [5.74, 6) is 0. The Bertz CT molecular complexity index is 580. The maximum Gasteiger partial charge on any atom is 0.258 e. The minimum Gasteiger partial charge on any atom is -0.380 e. The summed E-state index contributed by atoms with van der Waals surface area (Å²) < 4.78 is 6.66. The summed E-state index contributed by atoms with van der Waals surface area (Å²) in [5.41, 5.74) is 1.35. The van der Waals surface area contributed by atoms with Crippen LogP contribution in [0.4, 0.5) is 0 Å². The normalized spacial score (nSPS) is 12.8. The molecule has 0 spiro atoms. The van der Waals surface area contributed by atoms with Crippen LogP contribution in [0.5, 0.6) is 0 Å². The van der Waals surface area contributed by atoms with Crippen LogP contribution in [0.25, 0.3) is 5.65 Å². The first-order valence-corrected chi connectivity index (χ1v) is 5.91. The van der Waals surface area contributed by atoms with Crippen molar-refractivity contribution in [2.75, 3.05) is 13.7 Å². The highest BCUT2D eigenvalue weighted by Crippen LogP contribution is 1.98. The van der Waals surface area contributed by atoms with Crippen molar-refractivity contribution >= 4 is 5.65 Å². The number of rotatable bonds is 5. The quantitative estimate of drug-likeness (QED) is 0.850. The molecule has 1 unspecified atom stereocenters. The van der Waals surface area contributed by atoms with Gasteiger partial charge in [-0.05, 0) is 19.1 Å². The molecule has 0 fully saturated rings. The third kappa shape index (κ3) is 2.94. The number of hydrogen-bond donors (Lipinski definition) is 1. The number of ether oxygens (including phenoxy) is 1. The van der Waals surface area contributed by atoms with Crippen LogP contribution in [0.1, 0.15) is 12.6 Å². The molecule has 0 aliphatic heterocycles. The highest BCUT2D eigenvalue weighted by molar-refractivity contribution is 5.37. The lowest BCUT2D eigenvalue weighted by Gasteiger charge is -2.10. The molecule has 2 heterocycles. The monoisotopic (exact) mass is 247 g/mol. The largest absolute Gasteiger partial charge is 0.380 e. The van der Waals surface area contributed by atoms with E-state index in [2.05, 4.69) is 10.3 Å². The Balaban J connectivity index is 2.12. The van der Waals surface area contributed by atoms with Crippen molar-refractivity contribution in [2.24, 2.45) is 0 Å². The van der Waals surface area contributed by atoms with Crippen LogP contribution in [0, 0.1) is 0 Å². The highest BCUT2D eigenvalue weighted by atomic mass is 16.5. The van der Waals surface area contributed by atoms with E-state index < -0.39 is 0 Å². The molecule has 0 aromatic carbocycles. The summed E-state index contributed by atoms with van der Waals surface area (Å²) in [6, 6.07) is 7.06. The molecule has 1 N–H and O–H groups in total. The van der Waals surface area contributed by atoms with E-state index in [1.807, 2.05) is 25.1 Å². The van der Waals surface area contributed by atoms with Crippen LogP contribution >= 0.6 is 0 Å². The Kier molecular flexibility index (Phi) is 4.07. The molecule has 1 atom stereocenters. The smallest absolute Gasteiger partial charge is 0.258 e. The van der Waals surface area contributed by atoms with E-state index in [0.717, 1.165) is 12.2 Å². The second kappa shape index (κ2) is 5.75. The predicted octanol–water partition coefficient (Wildman–Crippen LogP) is 0.819. The van der Waals surface area contributed by atoms with Crippen LogP contribution < -0.4 is 10.9 Å². The maximum absolute atomic E-state index is 11.8. The summed E-state index contributed by atoms with van der Waals surface area (Å²) in [7, 11) is 1.67. The van der Waals surface area contributed by atoms with Gasteiger partial charge in [-0.25, -0.2) is 4.98 Å². The molecule has 5 nitrogen and oxygen atoms in total. The molecule has 96 valence electrons. The lowest BCUT2D eigenvalue weighted by Crippen LogP contribution is -2.27. The van der Waals surface area contributed by atoms with Crippen LogP contribution in [0.2, 0.25) is 0 Å². The van der Waals surface area contributed by atoms with E-state index in [0.29, 0.717) is 12.2 Å². The summed E-state index contributed by atoms with van der Waals surface area (Å²) in [4.78, 5) is 16.2. The van der Waals surface area contributed by atoms with Crippen molar-refractivity contribution in [2.45, 2.75) is 19.6 Å². The van der Waals surface area contributed by atoms with Crippen molar-refractivity contribution < 1.29 is 4.74 Å². The molecule has 0 aliphatic rings. The van der Waals surface area contributed by atoms with Gasteiger partial charge in [-0.15, -0.1) is 0 Å². The molecule has 5 heteroatoms. The second-order valence-electron chi connectivity index (χ2n) is 4.19. The standard InChI is InChI=1S/C13H17N3O2/c1-10(18-2)8-14-9-11-7-13(17)16-6-4-3-5-12(16)15-11/h3-7,10,14H,8-9H2,1-2H3. The van der Waals surface area contributed by atoms with Gasteiger partial charge in [0.25, 0.3) is 5.56 Å². The fourth-order valence-electron chi connectivity index (χ4n) is 1.68. The SMILES string of the molecule is COC(C)CNCc1cc(=O)n2ccccc2n1. The topological polar surface area (TPSA) is 55.6 Å². The Morgan fingerprint density at radius 1 is 1.50 bits per heavy atom. The van der Waals surface area contributed by atoms with Gasteiger partial charge in [-0.3, -0.25) is 9.20 Å². The molecule has 2 rings (SSSR count). The summed E-state index contributed by atoms with van der Waals surface area (Å²) in [5, 5.41) is 3.21. The van der Waals surface area contributed by atoms with Gasteiger partial charge in [0, 0.05) is 32.5 Å². The van der Waals surface area contributed by atoms with E-state index in [1.165, 1.54) is 4.40 Å². The van der Waals surface area contributed by atoms with E-state index >= 15 is 0 Å². The third-order valence-electron chi connectivity index (χ3n) is 2.76. The average molecular weight is 247 g/mol. The van der Waals surface area contributed by atoms with E-state index in [1.54, 1.807) is 19.4 Å². The number of pyridine rings is 1. The minimum absolute atomic E-state index is 0.0582. The van der Waals surface area contributed by atoms with Crippen molar-refractivity contribution in [3.8, 4) is 0 Å². The van der Waals surface area contributed by atoms with E-state index in [-0.39, 0.29) is 11.7 Å². The average Bonchev–Trinajstić information content (AvgIpc) is 2.38. The molecule has 0 bridgehead atoms. The zero-order valence-corrected chi connectivity index (χ0v) is 10.6. The number of hydrogen-bond acceptors (Lipinski definition) is 4. The zero-order chi connectivity index (χ0) is 13.0. The Morgan fingerprint density at radius 2 is 2.33 bits per heavy atom. The zero-order valence-electron chi connectivity index (χ0n) is 10.6. The lowest BCUT2D eigenvalue weighted by molar-refractivity contribution is 0.117. The fourth-order valence-corrected chi connectivity index (χ4v) is 1.68. The molecule has 2 aromatic rings. The van der Waals surface area contributed by atoms with Gasteiger partial charge in [0.15, 0.2) is 0 Å². The van der Waals surface area contributed by atoms with Crippen molar-refractivity contribution in [1.82, 2.24) is 14.7 Å². The molecule has 0 saturated heterocycles. The lowest BCUT2D eigenvalue weighted by atomic mass is 10.3. The van der Waals surface area contributed by atoms with Gasteiger partial charge in [0.05, 0.1) is 11.8 Å². The van der Waals surface area contributed by atoms with Gasteiger partial charge >= 0.3 is 0 Å². The van der Waals surface area contributed by atoms with E-state index in [4.69, 9.17) is 4.74 Å². The summed E-state index contributed by atoms with van der Waals surface area (Å²) in [6.07, 6.45) is 1.86. The van der Waals surface area contributed by atoms with E-state index in [9.17, 15) is 4.79 Å². The highest BCUT2D eigenvalue weighted by Gasteiger charge is 2.03. The van der Waals surface area contributed by atoms with Gasteiger partial charge in [0.1, 0.15) is 5.65 Å². The number of nitrogens with one attached hydrogen (secondary N) is 1. The van der Waals surface area contributed by atoms with Gasteiger partial charge in [0.2, 0.25) is 0 Å². The van der Waals surface area contributed by atoms with Crippen molar-refractivity contribution in [3.63, 3.8) is 0 Å². The number of fused-ring (bicyclic) bond motifs is 1. The molecule has 2 aromatic heterocycles. The first-order chi connectivity index (χ1) is 8.70. The van der Waals surface area contributed by atoms with Crippen molar-refractivity contribution in [3.05, 3.63) is 46.5 Å². The molecule has 0 saturated carbocycles. The molecular weight excluding hydrogens is 230 g/mol. The number of methoxy groups -OCH3 is 1. The fraction of sp³-hybridized carbons (Fsp3) is 0.385. The molecule has 0 amide bonds. The Labute approximate surface area is 105 Å². The van der Waals surface area contributed by atoms with Gasteiger partial charge in [-0.1, -0.05) is 6.07 Å². The van der Waals surface area contributed by atoms with Crippen LogP contribution in [-0.2, 0) is 11.3 Å². The second-order valence-corrected chi connectivity index (χ2v) is 4.19. The molecule has 0 radical (unpaired) electrons. The summed E-state index contributed by atoms with van der Waals surface area (Å²) >= 11 is 0. The predicted molar refractivity (Wildman–Crippen MR) is 69.6 cm³/mol. The van der Waals surface area contributed by atoms with Crippen LogP contribution in [-0.4, -0.2) is 29.1 Å². The van der Waals surface area contributed by atoms with Crippen LogP contribution in [0.15, 0.2) is 35.3 Å². The number of nitrogens with zero attached hydrogens (tertiary/aromatic N) is 2. The molecular formula is C13H17N3O2. The number of aromatic nitrogens is 2. The molecule has 0 aliphatic carbocycles. The minimum atomic E-state index is -0.0582. The third-order valence-corrected chi connectivity index (χ3v) is 2.76.